The molecule has 2 fully saturated rings. The summed E-state index contributed by atoms with van der Waals surface area (Å²) < 4.78 is 5.69. The second-order valence-corrected chi connectivity index (χ2v) is 12.8. The molecule has 2 saturated heterocycles. The van der Waals surface area contributed by atoms with Gasteiger partial charge in [0, 0.05) is 85.8 Å². The average Bonchev–Trinajstić information content (AvgIpc) is 3.73. The summed E-state index contributed by atoms with van der Waals surface area (Å²) in [7, 11) is 1.62. The zero-order valence-corrected chi connectivity index (χ0v) is 28.5. The molecule has 5 N–H and O–H groups in total. The standard InChI is InChI=1S/C36H37Cl2N7O4/c1-49-30-15-22(6-7-23(30)18-40-20-25-9-12-32(47)44-25)35-34(38)27(13-14-41-35)26-3-2-4-28(33(26)37)45-36(48)29-10-5-21(17-42-29)16-39-19-24-8-11-31(46)43-24/h2-7,10,13-15,17,24-25,39-40H,8-9,11-12,16,18-20H2,1H3,(H,43,46)(H,44,47)(H,45,48). The molecule has 0 spiro atoms. The number of rotatable bonds is 13. The van der Waals surface area contributed by atoms with Crippen molar-refractivity contribution in [3.63, 3.8) is 0 Å². The Morgan fingerprint density at radius 3 is 2.24 bits per heavy atom. The summed E-state index contributed by atoms with van der Waals surface area (Å²) in [4.78, 5) is 44.9. The van der Waals surface area contributed by atoms with Crippen LogP contribution in [0.4, 0.5) is 5.69 Å². The SMILES string of the molecule is COc1cc(-c2nccc(-c3cccc(NC(=O)c4ccc(CNCC5CCC(=O)N5)cn4)c3Cl)c2Cl)ccc1CNCC1CCC(=O)N1. The Hall–Kier alpha value is -4.55. The lowest BCUT2D eigenvalue weighted by Crippen LogP contribution is -2.35. The van der Waals surface area contributed by atoms with E-state index in [4.69, 9.17) is 27.9 Å². The molecule has 0 bridgehead atoms. The molecule has 2 aromatic carbocycles. The highest BCUT2D eigenvalue weighted by atomic mass is 35.5. The highest BCUT2D eigenvalue weighted by Gasteiger charge is 2.22. The van der Waals surface area contributed by atoms with Crippen LogP contribution in [0, 0.1) is 0 Å². The molecule has 254 valence electrons. The van der Waals surface area contributed by atoms with E-state index in [2.05, 4.69) is 36.6 Å². The van der Waals surface area contributed by atoms with Gasteiger partial charge in [-0.05, 0) is 42.7 Å². The minimum absolute atomic E-state index is 0.0871. The van der Waals surface area contributed by atoms with Crippen molar-refractivity contribution in [3.05, 3.63) is 93.9 Å². The third kappa shape index (κ3) is 8.37. The molecular weight excluding hydrogens is 665 g/mol. The maximum atomic E-state index is 13.1. The fourth-order valence-electron chi connectivity index (χ4n) is 6.01. The van der Waals surface area contributed by atoms with Crippen LogP contribution in [0.1, 0.15) is 47.3 Å². The van der Waals surface area contributed by atoms with Crippen molar-refractivity contribution in [1.82, 2.24) is 31.2 Å². The molecule has 2 atom stereocenters. The summed E-state index contributed by atoms with van der Waals surface area (Å²) in [6.07, 6.45) is 6.11. The predicted octanol–water partition coefficient (Wildman–Crippen LogP) is 5.11. The average molecular weight is 703 g/mol. The lowest BCUT2D eigenvalue weighted by atomic mass is 10.0. The number of methoxy groups -OCH3 is 1. The Balaban J connectivity index is 1.12. The molecule has 0 radical (unpaired) electrons. The second-order valence-electron chi connectivity index (χ2n) is 12.1. The van der Waals surface area contributed by atoms with E-state index in [1.54, 1.807) is 43.8 Å². The summed E-state index contributed by atoms with van der Waals surface area (Å²) in [5.74, 6) is 0.464. The Morgan fingerprint density at radius 2 is 1.59 bits per heavy atom. The van der Waals surface area contributed by atoms with Crippen LogP contribution in [0.25, 0.3) is 22.4 Å². The van der Waals surface area contributed by atoms with E-state index in [0.717, 1.165) is 29.5 Å². The van der Waals surface area contributed by atoms with Crippen LogP contribution in [0.3, 0.4) is 0 Å². The van der Waals surface area contributed by atoms with Gasteiger partial charge in [-0.3, -0.25) is 24.4 Å². The number of amides is 3. The normalized spacial score (nSPS) is 17.1. The molecule has 13 heteroatoms. The van der Waals surface area contributed by atoms with Crippen LogP contribution in [0.5, 0.6) is 5.75 Å². The Labute approximate surface area is 294 Å². The molecule has 0 aliphatic carbocycles. The highest BCUT2D eigenvalue weighted by molar-refractivity contribution is 6.39. The smallest absolute Gasteiger partial charge is 0.274 e. The van der Waals surface area contributed by atoms with Gasteiger partial charge in [0.25, 0.3) is 5.91 Å². The molecule has 49 heavy (non-hydrogen) atoms. The summed E-state index contributed by atoms with van der Waals surface area (Å²) >= 11 is 13.8. The maximum absolute atomic E-state index is 13.1. The van der Waals surface area contributed by atoms with E-state index in [1.807, 2.05) is 30.3 Å². The molecule has 3 amide bonds. The third-order valence-electron chi connectivity index (χ3n) is 8.64. The first-order chi connectivity index (χ1) is 23.8. The molecule has 2 aromatic heterocycles. The van der Waals surface area contributed by atoms with Gasteiger partial charge < -0.3 is 31.3 Å². The first-order valence-electron chi connectivity index (χ1n) is 16.2. The molecule has 6 rings (SSSR count). The highest BCUT2D eigenvalue weighted by Crippen LogP contribution is 2.41. The van der Waals surface area contributed by atoms with Crippen molar-refractivity contribution in [3.8, 4) is 28.1 Å². The predicted molar refractivity (Wildman–Crippen MR) is 190 cm³/mol. The van der Waals surface area contributed by atoms with E-state index in [-0.39, 0.29) is 29.6 Å². The van der Waals surface area contributed by atoms with Gasteiger partial charge in [-0.15, -0.1) is 0 Å². The molecule has 0 saturated carbocycles. The molecular formula is C36H37Cl2N7O4. The maximum Gasteiger partial charge on any atom is 0.274 e. The van der Waals surface area contributed by atoms with Crippen molar-refractivity contribution in [2.45, 2.75) is 50.9 Å². The molecule has 2 aliphatic heterocycles. The number of carbonyl (C=O) groups is 3. The number of ether oxygens (including phenoxy) is 1. The Kier molecular flexibility index (Phi) is 11.0. The fourth-order valence-corrected chi connectivity index (χ4v) is 6.61. The van der Waals surface area contributed by atoms with Gasteiger partial charge in [0.15, 0.2) is 0 Å². The lowest BCUT2D eigenvalue weighted by molar-refractivity contribution is -0.120. The first kappa shape index (κ1) is 34.3. The zero-order chi connectivity index (χ0) is 34.3. The molecule has 2 aliphatic rings. The molecule has 4 aromatic rings. The summed E-state index contributed by atoms with van der Waals surface area (Å²) in [6, 6.07) is 16.7. The number of anilines is 1. The van der Waals surface area contributed by atoms with Gasteiger partial charge in [0.05, 0.1) is 28.5 Å². The first-order valence-corrected chi connectivity index (χ1v) is 16.9. The van der Waals surface area contributed by atoms with Gasteiger partial charge >= 0.3 is 0 Å². The number of nitrogens with one attached hydrogen (secondary N) is 5. The number of nitrogens with zero attached hydrogens (tertiary/aromatic N) is 2. The number of hydrogen-bond donors (Lipinski definition) is 5. The van der Waals surface area contributed by atoms with Crippen LogP contribution in [-0.2, 0) is 22.7 Å². The minimum Gasteiger partial charge on any atom is -0.496 e. The zero-order valence-electron chi connectivity index (χ0n) is 26.9. The number of benzene rings is 2. The minimum atomic E-state index is -0.400. The molecule has 11 nitrogen and oxygen atoms in total. The quantitative estimate of drug-likeness (QED) is 0.129. The largest absolute Gasteiger partial charge is 0.496 e. The van der Waals surface area contributed by atoms with Gasteiger partial charge in [-0.2, -0.15) is 0 Å². The van der Waals surface area contributed by atoms with E-state index in [0.29, 0.717) is 77.3 Å². The Bertz CT molecular complexity index is 1850. The van der Waals surface area contributed by atoms with Crippen molar-refractivity contribution in [2.75, 3.05) is 25.5 Å². The van der Waals surface area contributed by atoms with Crippen LogP contribution in [0.2, 0.25) is 10.0 Å². The molecule has 2 unspecified atom stereocenters. The third-order valence-corrected chi connectivity index (χ3v) is 9.43. The van der Waals surface area contributed by atoms with Crippen molar-refractivity contribution in [1.29, 1.82) is 0 Å². The van der Waals surface area contributed by atoms with Crippen molar-refractivity contribution >= 4 is 46.6 Å². The van der Waals surface area contributed by atoms with E-state index < -0.39 is 5.91 Å². The van der Waals surface area contributed by atoms with Gasteiger partial charge in [0.2, 0.25) is 11.8 Å². The van der Waals surface area contributed by atoms with Crippen molar-refractivity contribution < 1.29 is 19.1 Å². The van der Waals surface area contributed by atoms with Gasteiger partial charge in [0.1, 0.15) is 11.4 Å². The number of aromatic nitrogens is 2. The Morgan fingerprint density at radius 1 is 0.878 bits per heavy atom. The van der Waals surface area contributed by atoms with Crippen LogP contribution < -0.4 is 31.3 Å². The summed E-state index contributed by atoms with van der Waals surface area (Å²) in [5, 5.41) is 16.2. The second kappa shape index (κ2) is 15.8. The molecule has 4 heterocycles. The monoisotopic (exact) mass is 701 g/mol. The number of pyridine rings is 2. The van der Waals surface area contributed by atoms with Crippen molar-refractivity contribution in [2.24, 2.45) is 0 Å². The van der Waals surface area contributed by atoms with E-state index in [9.17, 15) is 14.4 Å². The number of halogens is 2. The van der Waals surface area contributed by atoms with Gasteiger partial charge in [-0.25, -0.2) is 0 Å². The van der Waals surface area contributed by atoms with Crippen LogP contribution >= 0.6 is 23.2 Å². The lowest BCUT2D eigenvalue weighted by Gasteiger charge is -2.16. The van der Waals surface area contributed by atoms with E-state index in [1.165, 1.54) is 0 Å². The fraction of sp³-hybridized carbons (Fsp3) is 0.306. The summed E-state index contributed by atoms with van der Waals surface area (Å²) in [5.41, 5.74) is 5.16. The van der Waals surface area contributed by atoms with Crippen LogP contribution in [0.15, 0.2) is 67.0 Å². The number of hydrogen-bond acceptors (Lipinski definition) is 8. The number of carbonyl (C=O) groups excluding carboxylic acids is 3. The van der Waals surface area contributed by atoms with E-state index >= 15 is 0 Å². The van der Waals surface area contributed by atoms with Crippen LogP contribution in [-0.4, -0.2) is 60.0 Å². The summed E-state index contributed by atoms with van der Waals surface area (Å²) in [6.45, 7) is 2.50. The van der Waals surface area contributed by atoms with Gasteiger partial charge in [-0.1, -0.05) is 53.5 Å². The topological polar surface area (TPSA) is 146 Å².